The highest BCUT2D eigenvalue weighted by Crippen LogP contribution is 2.44. The Morgan fingerprint density at radius 2 is 1.68 bits per heavy atom. The van der Waals surface area contributed by atoms with E-state index in [2.05, 4.69) is 10.5 Å². The van der Waals surface area contributed by atoms with E-state index in [-0.39, 0.29) is 5.56 Å². The van der Waals surface area contributed by atoms with Crippen molar-refractivity contribution >= 4 is 12.1 Å². The van der Waals surface area contributed by atoms with Crippen LogP contribution in [0, 0.1) is 5.82 Å². The first kappa shape index (κ1) is 19.4. The number of hydrogen-bond donors (Lipinski definition) is 1. The third-order valence-electron chi connectivity index (χ3n) is 4.70. The maximum Gasteiger partial charge on any atom is 0.272 e. The number of carbonyl (C=O) groups excluding carboxylic acids is 1. The van der Waals surface area contributed by atoms with Crippen LogP contribution < -0.4 is 5.43 Å². The highest BCUT2D eigenvalue weighted by Gasteiger charge is 2.62. The molecule has 1 N–H and O–H groups in total. The van der Waals surface area contributed by atoms with Gasteiger partial charge in [-0.25, -0.2) is 9.82 Å². The lowest BCUT2D eigenvalue weighted by Crippen LogP contribution is -2.59. The van der Waals surface area contributed by atoms with Gasteiger partial charge in [-0.05, 0) is 33.8 Å². The first-order valence-corrected chi connectivity index (χ1v) is 9.09. The summed E-state index contributed by atoms with van der Waals surface area (Å²) in [6.07, 6.45) is -2.33. The number of amides is 1. The van der Waals surface area contributed by atoms with E-state index < -0.39 is 54.0 Å². The van der Waals surface area contributed by atoms with Crippen LogP contribution in [0.25, 0.3) is 0 Å². The Morgan fingerprint density at radius 1 is 1.04 bits per heavy atom. The molecule has 5 atom stereocenters. The largest absolute Gasteiger partial charge is 0.342 e. The third kappa shape index (κ3) is 3.68. The molecule has 3 aliphatic heterocycles. The van der Waals surface area contributed by atoms with Crippen molar-refractivity contribution in [3.05, 3.63) is 35.6 Å². The third-order valence-corrected chi connectivity index (χ3v) is 4.70. The van der Waals surface area contributed by atoms with Gasteiger partial charge in [0.15, 0.2) is 24.0 Å². The second-order valence-corrected chi connectivity index (χ2v) is 7.85. The molecule has 3 saturated heterocycles. The number of ether oxygens (including phenoxy) is 5. The summed E-state index contributed by atoms with van der Waals surface area (Å²) in [6, 6.07) is 6.10. The van der Waals surface area contributed by atoms with Crippen molar-refractivity contribution in [3.63, 3.8) is 0 Å². The standard InChI is InChI=1S/C19H23FN2O6/c1-18(2)25-12-13(26-18)15-17(28-19(3,4)27-15)24-14(12)16(23)22-21-9-10-7-5-6-8-11(10)20/h5-9,12-15,17H,1-4H3,(H,22,23)/b21-9+/t12-,13+,14+,15-,17-/m1/s1. The van der Waals surface area contributed by atoms with E-state index in [1.54, 1.807) is 45.9 Å². The second-order valence-electron chi connectivity index (χ2n) is 7.85. The predicted molar refractivity (Wildman–Crippen MR) is 94.7 cm³/mol. The molecule has 152 valence electrons. The van der Waals surface area contributed by atoms with E-state index in [0.29, 0.717) is 0 Å². The van der Waals surface area contributed by atoms with Crippen molar-refractivity contribution < 1.29 is 32.9 Å². The number of hydrogen-bond acceptors (Lipinski definition) is 7. The van der Waals surface area contributed by atoms with Gasteiger partial charge in [0.2, 0.25) is 0 Å². The lowest BCUT2D eigenvalue weighted by molar-refractivity contribution is -0.231. The molecule has 3 fully saturated rings. The fraction of sp³-hybridized carbons (Fsp3) is 0.579. The number of fused-ring (bicyclic) bond motifs is 3. The molecule has 1 aromatic carbocycles. The normalized spacial score (nSPS) is 35.5. The average molecular weight is 394 g/mol. The average Bonchev–Trinajstić information content (AvgIpc) is 3.09. The smallest absolute Gasteiger partial charge is 0.272 e. The molecule has 0 aromatic heterocycles. The molecule has 0 radical (unpaired) electrons. The van der Waals surface area contributed by atoms with E-state index in [4.69, 9.17) is 23.7 Å². The number of rotatable bonds is 3. The zero-order valence-corrected chi connectivity index (χ0v) is 16.0. The van der Waals surface area contributed by atoms with Crippen LogP contribution in [-0.4, -0.2) is 54.4 Å². The SMILES string of the molecule is CC1(C)O[C@H]2[C@@H](O1)[C@@H](C(=O)N/N=C/c1ccccc1F)O[C@@H]1OC(C)(C)O[C@@H]12. The van der Waals surface area contributed by atoms with Gasteiger partial charge in [0.05, 0.1) is 6.21 Å². The Morgan fingerprint density at radius 3 is 2.43 bits per heavy atom. The lowest BCUT2D eigenvalue weighted by atomic mass is 9.98. The molecule has 0 bridgehead atoms. The Hall–Kier alpha value is -1.91. The first-order valence-electron chi connectivity index (χ1n) is 9.09. The molecule has 0 spiro atoms. The Balaban J connectivity index is 1.50. The summed E-state index contributed by atoms with van der Waals surface area (Å²) in [7, 11) is 0. The molecule has 3 heterocycles. The van der Waals surface area contributed by atoms with Crippen molar-refractivity contribution in [2.24, 2.45) is 5.10 Å². The molecule has 0 saturated carbocycles. The topological polar surface area (TPSA) is 87.6 Å². The number of halogens is 1. The summed E-state index contributed by atoms with van der Waals surface area (Å²) in [6.45, 7) is 7.04. The maximum atomic E-state index is 13.7. The van der Waals surface area contributed by atoms with Gasteiger partial charge in [-0.1, -0.05) is 18.2 Å². The van der Waals surface area contributed by atoms with E-state index in [1.807, 2.05) is 0 Å². The van der Waals surface area contributed by atoms with Crippen LogP contribution in [0.5, 0.6) is 0 Å². The summed E-state index contributed by atoms with van der Waals surface area (Å²) in [5.41, 5.74) is 2.63. The van der Waals surface area contributed by atoms with Crippen molar-refractivity contribution in [2.45, 2.75) is 70.0 Å². The summed E-state index contributed by atoms with van der Waals surface area (Å²) < 4.78 is 43.0. The predicted octanol–water partition coefficient (Wildman–Crippen LogP) is 1.67. The van der Waals surface area contributed by atoms with Crippen LogP contribution in [0.15, 0.2) is 29.4 Å². The van der Waals surface area contributed by atoms with Gasteiger partial charge in [-0.2, -0.15) is 5.10 Å². The highest BCUT2D eigenvalue weighted by atomic mass is 19.1. The van der Waals surface area contributed by atoms with E-state index >= 15 is 0 Å². The molecule has 3 aliphatic rings. The zero-order valence-electron chi connectivity index (χ0n) is 16.0. The minimum atomic E-state index is -1.02. The second kappa shape index (κ2) is 6.85. The quantitative estimate of drug-likeness (QED) is 0.620. The molecule has 4 rings (SSSR count). The van der Waals surface area contributed by atoms with E-state index in [9.17, 15) is 9.18 Å². The van der Waals surface area contributed by atoms with Crippen LogP contribution in [0.3, 0.4) is 0 Å². The van der Waals surface area contributed by atoms with Crippen molar-refractivity contribution in [1.29, 1.82) is 0 Å². The van der Waals surface area contributed by atoms with Crippen LogP contribution in [0.2, 0.25) is 0 Å². The number of carbonyl (C=O) groups is 1. The van der Waals surface area contributed by atoms with Gasteiger partial charge in [0.25, 0.3) is 5.91 Å². The van der Waals surface area contributed by atoms with Crippen molar-refractivity contribution in [2.75, 3.05) is 0 Å². The Bertz CT molecular complexity index is 798. The summed E-state index contributed by atoms with van der Waals surface area (Å²) in [5, 5.41) is 3.83. The number of nitrogens with zero attached hydrogens (tertiary/aromatic N) is 1. The van der Waals surface area contributed by atoms with Gasteiger partial charge in [-0.15, -0.1) is 0 Å². The highest BCUT2D eigenvalue weighted by molar-refractivity contribution is 5.85. The van der Waals surface area contributed by atoms with Crippen LogP contribution >= 0.6 is 0 Å². The molecule has 9 heteroatoms. The molecule has 0 aliphatic carbocycles. The van der Waals surface area contributed by atoms with Crippen LogP contribution in [-0.2, 0) is 28.5 Å². The van der Waals surface area contributed by atoms with Crippen LogP contribution in [0.4, 0.5) is 4.39 Å². The number of benzene rings is 1. The first-order chi connectivity index (χ1) is 13.2. The Kier molecular flexibility index (Phi) is 4.75. The molecule has 1 aromatic rings. The molecule has 0 unspecified atom stereocenters. The minimum absolute atomic E-state index is 0.251. The van der Waals surface area contributed by atoms with E-state index in [1.165, 1.54) is 12.3 Å². The fourth-order valence-corrected chi connectivity index (χ4v) is 3.63. The summed E-state index contributed by atoms with van der Waals surface area (Å²) in [5.74, 6) is -2.76. The summed E-state index contributed by atoms with van der Waals surface area (Å²) in [4.78, 5) is 12.7. The summed E-state index contributed by atoms with van der Waals surface area (Å²) >= 11 is 0. The molecular weight excluding hydrogens is 371 g/mol. The van der Waals surface area contributed by atoms with Gasteiger partial charge >= 0.3 is 0 Å². The molecular formula is C19H23FN2O6. The lowest BCUT2D eigenvalue weighted by Gasteiger charge is -2.36. The van der Waals surface area contributed by atoms with Crippen LogP contribution in [0.1, 0.15) is 33.3 Å². The van der Waals surface area contributed by atoms with Crippen molar-refractivity contribution in [3.8, 4) is 0 Å². The molecule has 1 amide bonds. The van der Waals surface area contributed by atoms with Gasteiger partial charge < -0.3 is 23.7 Å². The minimum Gasteiger partial charge on any atom is -0.342 e. The van der Waals surface area contributed by atoms with Gasteiger partial charge in [0, 0.05) is 5.56 Å². The van der Waals surface area contributed by atoms with Crippen molar-refractivity contribution in [1.82, 2.24) is 5.43 Å². The zero-order chi connectivity index (χ0) is 20.1. The Labute approximate surface area is 161 Å². The number of nitrogens with one attached hydrogen (secondary N) is 1. The maximum absolute atomic E-state index is 13.7. The molecule has 8 nitrogen and oxygen atoms in total. The number of hydrazone groups is 1. The molecule has 28 heavy (non-hydrogen) atoms. The fourth-order valence-electron chi connectivity index (χ4n) is 3.63. The monoisotopic (exact) mass is 394 g/mol. The van der Waals surface area contributed by atoms with E-state index in [0.717, 1.165) is 0 Å². The van der Waals surface area contributed by atoms with Gasteiger partial charge in [0.1, 0.15) is 24.1 Å². The van der Waals surface area contributed by atoms with Gasteiger partial charge in [-0.3, -0.25) is 4.79 Å².